The molecular weight excluding hydrogens is 555 g/mol. The van der Waals surface area contributed by atoms with E-state index in [-0.39, 0.29) is 6.10 Å². The average molecular weight is 585 g/mol. The fraction of sp³-hybridized carbons (Fsp3) is 0.407. The summed E-state index contributed by atoms with van der Waals surface area (Å²) in [7, 11) is 3.68. The minimum Gasteiger partial charge on any atom is -0.493 e. The Labute approximate surface area is 242 Å². The van der Waals surface area contributed by atoms with Gasteiger partial charge in [-0.3, -0.25) is 0 Å². The lowest BCUT2D eigenvalue weighted by Gasteiger charge is -2.41. The van der Waals surface area contributed by atoms with Crippen LogP contribution in [0.15, 0.2) is 41.7 Å². The third-order valence-corrected chi connectivity index (χ3v) is 7.62. The molecule has 2 saturated heterocycles. The summed E-state index contributed by atoms with van der Waals surface area (Å²) in [6.45, 7) is 5.53. The molecule has 0 bridgehead atoms. The van der Waals surface area contributed by atoms with Gasteiger partial charge in [-0.2, -0.15) is 5.26 Å². The quantitative estimate of drug-likeness (QED) is 0.260. The number of anilines is 2. The Morgan fingerprint density at radius 1 is 1.10 bits per heavy atom. The number of benzene rings is 2. The van der Waals surface area contributed by atoms with Crippen molar-refractivity contribution >= 4 is 51.6 Å². The van der Waals surface area contributed by atoms with Gasteiger partial charge in [-0.15, -0.1) is 4.99 Å². The van der Waals surface area contributed by atoms with E-state index in [0.29, 0.717) is 65.1 Å². The van der Waals surface area contributed by atoms with Crippen LogP contribution in [0.5, 0.6) is 11.5 Å². The number of fused-ring (bicyclic) bond motifs is 1. The first-order chi connectivity index (χ1) is 19.4. The van der Waals surface area contributed by atoms with Gasteiger partial charge in [-0.1, -0.05) is 23.2 Å². The van der Waals surface area contributed by atoms with Crippen molar-refractivity contribution in [3.63, 3.8) is 0 Å². The molecule has 210 valence electrons. The van der Waals surface area contributed by atoms with Crippen LogP contribution in [-0.2, 0) is 4.74 Å². The van der Waals surface area contributed by atoms with Gasteiger partial charge in [0.05, 0.1) is 35.8 Å². The largest absolute Gasteiger partial charge is 0.493 e. The number of ether oxygens (including phenoxy) is 3. The molecule has 3 heterocycles. The Kier molecular flexibility index (Phi) is 8.91. The van der Waals surface area contributed by atoms with Crippen molar-refractivity contribution in [2.24, 2.45) is 4.99 Å². The third kappa shape index (κ3) is 6.42. The van der Waals surface area contributed by atoms with E-state index in [2.05, 4.69) is 42.0 Å². The fourth-order valence-corrected chi connectivity index (χ4v) is 5.02. The summed E-state index contributed by atoms with van der Waals surface area (Å²) in [4.78, 5) is 19.5. The Morgan fingerprint density at radius 2 is 1.93 bits per heavy atom. The van der Waals surface area contributed by atoms with Crippen LogP contribution in [0.4, 0.5) is 11.5 Å². The Hall–Kier alpha value is -3.56. The van der Waals surface area contributed by atoms with Crippen LogP contribution in [0, 0.1) is 11.5 Å². The predicted molar refractivity (Wildman–Crippen MR) is 155 cm³/mol. The van der Waals surface area contributed by atoms with E-state index in [1.54, 1.807) is 19.2 Å². The molecule has 0 spiro atoms. The van der Waals surface area contributed by atoms with E-state index in [0.717, 1.165) is 37.3 Å². The van der Waals surface area contributed by atoms with Crippen molar-refractivity contribution < 1.29 is 14.2 Å². The van der Waals surface area contributed by atoms with E-state index < -0.39 is 0 Å². The summed E-state index contributed by atoms with van der Waals surface area (Å²) in [6, 6.07) is 8.93. The number of hydrogen-bond acceptors (Lipinski definition) is 9. The number of nitriles is 1. The zero-order valence-electron chi connectivity index (χ0n) is 22.3. The Balaban J connectivity index is 1.29. The molecule has 2 aliphatic heterocycles. The summed E-state index contributed by atoms with van der Waals surface area (Å²) >= 11 is 12.2. The van der Waals surface area contributed by atoms with Crippen molar-refractivity contribution in [3.05, 3.63) is 46.7 Å². The van der Waals surface area contributed by atoms with Crippen LogP contribution in [0.1, 0.15) is 0 Å². The highest BCUT2D eigenvalue weighted by molar-refractivity contribution is 6.42. The first kappa shape index (κ1) is 28.0. The third-order valence-electron chi connectivity index (χ3n) is 6.89. The van der Waals surface area contributed by atoms with E-state index in [4.69, 9.17) is 37.4 Å². The molecular formula is C27H30Cl2N8O3. The minimum absolute atomic E-state index is 0.220. The molecule has 0 saturated carbocycles. The number of aromatic nitrogens is 2. The van der Waals surface area contributed by atoms with Gasteiger partial charge in [0, 0.05) is 49.9 Å². The van der Waals surface area contributed by atoms with Gasteiger partial charge in [-0.25, -0.2) is 9.97 Å². The number of morpholine rings is 1. The highest BCUT2D eigenvalue weighted by Crippen LogP contribution is 2.35. The maximum Gasteiger partial charge on any atom is 0.212 e. The number of hydrogen-bond donors (Lipinski definition) is 1. The molecule has 2 fully saturated rings. The molecule has 0 amide bonds. The molecule has 40 heavy (non-hydrogen) atoms. The molecule has 1 aromatic heterocycles. The van der Waals surface area contributed by atoms with Crippen LogP contribution in [-0.4, -0.2) is 103 Å². The molecule has 3 aromatic rings. The van der Waals surface area contributed by atoms with E-state index in [9.17, 15) is 5.26 Å². The molecule has 1 atom stereocenters. The van der Waals surface area contributed by atoms with Crippen LogP contribution in [0.2, 0.25) is 10.0 Å². The lowest BCUT2D eigenvalue weighted by atomic mass is 10.2. The molecule has 2 aliphatic rings. The number of piperazine rings is 1. The first-order valence-corrected chi connectivity index (χ1v) is 13.6. The van der Waals surface area contributed by atoms with Gasteiger partial charge in [0.15, 0.2) is 11.5 Å². The van der Waals surface area contributed by atoms with Gasteiger partial charge in [0.1, 0.15) is 24.9 Å². The van der Waals surface area contributed by atoms with Crippen molar-refractivity contribution in [1.29, 1.82) is 5.26 Å². The van der Waals surface area contributed by atoms with Crippen LogP contribution in [0.3, 0.4) is 0 Å². The normalized spacial score (nSPS) is 18.5. The number of aliphatic imine (C=N–C) groups is 1. The van der Waals surface area contributed by atoms with Crippen LogP contribution < -0.4 is 14.8 Å². The second-order valence-electron chi connectivity index (χ2n) is 9.55. The lowest BCUT2D eigenvalue weighted by molar-refractivity contribution is -0.0324. The highest BCUT2D eigenvalue weighted by Gasteiger charge is 2.28. The van der Waals surface area contributed by atoms with Crippen molar-refractivity contribution in [2.45, 2.75) is 6.10 Å². The second-order valence-corrected chi connectivity index (χ2v) is 10.4. The van der Waals surface area contributed by atoms with Crippen molar-refractivity contribution in [1.82, 2.24) is 24.7 Å². The van der Waals surface area contributed by atoms with E-state index in [1.807, 2.05) is 24.4 Å². The van der Waals surface area contributed by atoms with Gasteiger partial charge in [0.2, 0.25) is 12.2 Å². The number of nitrogens with one attached hydrogen (secondary N) is 1. The zero-order chi connectivity index (χ0) is 28.1. The van der Waals surface area contributed by atoms with E-state index >= 15 is 0 Å². The van der Waals surface area contributed by atoms with Crippen LogP contribution in [0.25, 0.3) is 10.9 Å². The molecule has 0 radical (unpaired) electrons. The maximum atomic E-state index is 9.34. The van der Waals surface area contributed by atoms with Gasteiger partial charge in [-0.05, 0) is 31.3 Å². The summed E-state index contributed by atoms with van der Waals surface area (Å²) in [5.74, 6) is 2.37. The van der Waals surface area contributed by atoms with Gasteiger partial charge >= 0.3 is 0 Å². The fourth-order valence-electron chi connectivity index (χ4n) is 4.72. The highest BCUT2D eigenvalue weighted by atomic mass is 35.5. The molecule has 11 nitrogen and oxygen atoms in total. The van der Waals surface area contributed by atoms with E-state index in [1.165, 1.54) is 6.33 Å². The summed E-state index contributed by atoms with van der Waals surface area (Å²) < 4.78 is 17.8. The number of rotatable bonds is 6. The topological polar surface area (TPSA) is 111 Å². The number of guanidine groups is 1. The predicted octanol–water partition coefficient (Wildman–Crippen LogP) is 3.85. The SMILES string of the molecule is COc1cc2c(Nc3ccc(Cl)c(Cl)c3)ncnc2cc1OCC1CN(C(=NC#N)N2CCN(C)CC2)CCO1. The monoisotopic (exact) mass is 584 g/mol. The smallest absolute Gasteiger partial charge is 0.212 e. The van der Waals surface area contributed by atoms with Crippen molar-refractivity contribution in [3.8, 4) is 17.7 Å². The standard InChI is InChI=1S/C27H30Cl2N8O3/c1-35-5-7-36(8-6-35)27(31-16-30)37-9-10-39-19(14-37)15-40-25-13-23-20(12-24(25)38-2)26(33-17-32-23)34-18-3-4-21(28)22(29)11-18/h3-4,11-13,17,19H,5-10,14-15H2,1-2H3,(H,32,33,34). The minimum atomic E-state index is -0.220. The molecule has 5 rings (SSSR count). The van der Waals surface area contributed by atoms with Gasteiger partial charge < -0.3 is 34.2 Å². The summed E-state index contributed by atoms with van der Waals surface area (Å²) in [5.41, 5.74) is 1.42. The molecule has 2 aromatic carbocycles. The second kappa shape index (κ2) is 12.7. The maximum absolute atomic E-state index is 9.34. The Bertz CT molecular complexity index is 1420. The van der Waals surface area contributed by atoms with Gasteiger partial charge in [0.25, 0.3) is 0 Å². The zero-order valence-corrected chi connectivity index (χ0v) is 23.8. The lowest BCUT2D eigenvalue weighted by Crippen LogP contribution is -2.56. The Morgan fingerprint density at radius 3 is 2.67 bits per heavy atom. The molecule has 13 heteroatoms. The molecule has 0 aliphatic carbocycles. The number of nitrogens with zero attached hydrogens (tertiary/aromatic N) is 7. The van der Waals surface area contributed by atoms with Crippen molar-refractivity contribution in [2.75, 3.05) is 72.0 Å². The number of halogens is 2. The number of methoxy groups -OCH3 is 1. The van der Waals surface area contributed by atoms with Crippen LogP contribution >= 0.6 is 23.2 Å². The molecule has 1 N–H and O–H groups in total. The summed E-state index contributed by atoms with van der Waals surface area (Å²) in [5, 5.41) is 14.3. The first-order valence-electron chi connectivity index (χ1n) is 12.9. The summed E-state index contributed by atoms with van der Waals surface area (Å²) in [6.07, 6.45) is 3.24. The number of likely N-dealkylation sites (N-methyl/N-ethyl adjacent to an activating group) is 1. The average Bonchev–Trinajstić information content (AvgIpc) is 2.97. The molecule has 1 unspecified atom stereocenters.